The molecule has 1 atom stereocenters. The Kier molecular flexibility index (Phi) is 7.04. The van der Waals surface area contributed by atoms with E-state index in [0.717, 1.165) is 16.5 Å². The molecule has 31 heavy (non-hydrogen) atoms. The van der Waals surface area contributed by atoms with E-state index in [1.54, 1.807) is 41.9 Å². The van der Waals surface area contributed by atoms with Gasteiger partial charge < -0.3 is 20.1 Å². The number of nitrogens with zero attached hydrogens (tertiary/aromatic N) is 2. The highest BCUT2D eigenvalue weighted by molar-refractivity contribution is 6.07. The third-order valence-corrected chi connectivity index (χ3v) is 5.07. The molecule has 1 aromatic heterocycles. The fourth-order valence-corrected chi connectivity index (χ4v) is 3.43. The second-order valence-corrected chi connectivity index (χ2v) is 7.15. The summed E-state index contributed by atoms with van der Waals surface area (Å²) in [5.74, 6) is -2.03. The van der Waals surface area contributed by atoms with Crippen LogP contribution in [-0.2, 0) is 23.2 Å². The van der Waals surface area contributed by atoms with E-state index in [1.807, 2.05) is 30.3 Å². The van der Waals surface area contributed by atoms with Gasteiger partial charge in [0.05, 0.1) is 0 Å². The lowest BCUT2D eigenvalue weighted by Crippen LogP contribution is -2.49. The molecule has 0 bridgehead atoms. The highest BCUT2D eigenvalue weighted by atomic mass is 16.6. The highest BCUT2D eigenvalue weighted by Crippen LogP contribution is 2.22. The van der Waals surface area contributed by atoms with Crippen LogP contribution in [0.15, 0.2) is 60.7 Å². The normalized spacial score (nSPS) is 11.8. The molecule has 0 fully saturated rings. The van der Waals surface area contributed by atoms with Crippen molar-refractivity contribution >= 4 is 28.9 Å². The topological polar surface area (TPSA) is 115 Å². The first-order chi connectivity index (χ1) is 14.9. The molecule has 0 aliphatic carbocycles. The summed E-state index contributed by atoms with van der Waals surface area (Å²) in [4.78, 5) is 39.0. The maximum absolute atomic E-state index is 13.4. The Morgan fingerprint density at radius 1 is 1.10 bits per heavy atom. The molecule has 0 radical (unpaired) electrons. The van der Waals surface area contributed by atoms with Gasteiger partial charge in [0.25, 0.3) is 5.91 Å². The Balaban J connectivity index is 1.95. The first-order valence-corrected chi connectivity index (χ1v) is 9.95. The van der Waals surface area contributed by atoms with Crippen molar-refractivity contribution in [3.05, 3.63) is 71.9 Å². The summed E-state index contributed by atoms with van der Waals surface area (Å²) < 4.78 is 6.96. The number of para-hydroxylation sites is 1. The molecule has 0 aliphatic heterocycles. The van der Waals surface area contributed by atoms with Crippen LogP contribution in [0.2, 0.25) is 0 Å². The molecule has 0 spiro atoms. The first-order valence-electron chi connectivity index (χ1n) is 9.95. The maximum Gasteiger partial charge on any atom is 0.418 e. The van der Waals surface area contributed by atoms with E-state index in [0.29, 0.717) is 11.3 Å². The van der Waals surface area contributed by atoms with E-state index in [-0.39, 0.29) is 25.3 Å². The number of carbonyl (C=O) groups excluding carboxylic acids is 2. The fraction of sp³-hybridized carbons (Fsp3) is 0.261. The Morgan fingerprint density at radius 3 is 2.42 bits per heavy atom. The van der Waals surface area contributed by atoms with Crippen molar-refractivity contribution in [3.63, 3.8) is 0 Å². The van der Waals surface area contributed by atoms with E-state index < -0.39 is 24.0 Å². The lowest BCUT2D eigenvalue weighted by atomic mass is 10.1. The smallest absolute Gasteiger partial charge is 0.418 e. The third-order valence-electron chi connectivity index (χ3n) is 5.07. The second-order valence-electron chi connectivity index (χ2n) is 7.15. The van der Waals surface area contributed by atoms with Crippen LogP contribution in [0.3, 0.4) is 0 Å². The maximum atomic E-state index is 13.4. The van der Waals surface area contributed by atoms with Gasteiger partial charge >= 0.3 is 12.1 Å². The van der Waals surface area contributed by atoms with Gasteiger partial charge in [0, 0.05) is 18.0 Å². The van der Waals surface area contributed by atoms with Crippen LogP contribution < -0.4 is 5.73 Å². The van der Waals surface area contributed by atoms with Crippen molar-refractivity contribution in [1.82, 2.24) is 9.47 Å². The number of carboxylic acid groups (broad SMARTS) is 1. The molecule has 0 saturated carbocycles. The molecule has 0 saturated heterocycles. The Labute approximate surface area is 179 Å². The van der Waals surface area contributed by atoms with Gasteiger partial charge in [0.1, 0.15) is 18.3 Å². The highest BCUT2D eigenvalue weighted by Gasteiger charge is 2.37. The standard InChI is InChI=1S/C23H25N3O5/c1-25-18-11-6-5-10-17(18)14-20(25)21(27)26(19(22(28)29)12-7-13-24)23(30)31-15-16-8-3-2-4-9-16/h2-6,8-11,14,19H,7,12-13,15,24H2,1H3,(H,28,29)/t19-/m0/s1. The van der Waals surface area contributed by atoms with Gasteiger partial charge in [0.15, 0.2) is 0 Å². The predicted molar refractivity (Wildman–Crippen MR) is 115 cm³/mol. The molecule has 1 heterocycles. The average Bonchev–Trinajstić information content (AvgIpc) is 3.12. The van der Waals surface area contributed by atoms with Crippen LogP contribution in [0.25, 0.3) is 10.9 Å². The number of ether oxygens (including phenoxy) is 1. The van der Waals surface area contributed by atoms with Gasteiger partial charge in [-0.3, -0.25) is 4.79 Å². The van der Waals surface area contributed by atoms with Crippen molar-refractivity contribution in [2.24, 2.45) is 12.8 Å². The van der Waals surface area contributed by atoms with Gasteiger partial charge in [-0.05, 0) is 37.1 Å². The van der Waals surface area contributed by atoms with Gasteiger partial charge in [-0.1, -0.05) is 48.5 Å². The van der Waals surface area contributed by atoms with Crippen molar-refractivity contribution in [1.29, 1.82) is 0 Å². The van der Waals surface area contributed by atoms with Crippen molar-refractivity contribution in [3.8, 4) is 0 Å². The zero-order chi connectivity index (χ0) is 22.4. The minimum Gasteiger partial charge on any atom is -0.480 e. The van der Waals surface area contributed by atoms with E-state index in [1.165, 1.54) is 0 Å². The van der Waals surface area contributed by atoms with Gasteiger partial charge in [-0.15, -0.1) is 0 Å². The molecular weight excluding hydrogens is 398 g/mol. The summed E-state index contributed by atoms with van der Waals surface area (Å²) >= 11 is 0. The molecule has 2 amide bonds. The molecule has 8 nitrogen and oxygen atoms in total. The van der Waals surface area contributed by atoms with E-state index >= 15 is 0 Å². The van der Waals surface area contributed by atoms with E-state index in [9.17, 15) is 19.5 Å². The minimum atomic E-state index is -1.39. The van der Waals surface area contributed by atoms with Gasteiger partial charge in [-0.25, -0.2) is 14.5 Å². The number of carboxylic acids is 1. The number of hydrogen-bond acceptors (Lipinski definition) is 5. The third kappa shape index (κ3) is 4.92. The minimum absolute atomic E-state index is 0.0297. The summed E-state index contributed by atoms with van der Waals surface area (Å²) in [6.07, 6.45) is -0.646. The summed E-state index contributed by atoms with van der Waals surface area (Å²) in [6.45, 7) is 0.153. The molecule has 8 heteroatoms. The summed E-state index contributed by atoms with van der Waals surface area (Å²) in [5.41, 5.74) is 7.24. The fourth-order valence-electron chi connectivity index (χ4n) is 3.43. The molecule has 2 aromatic carbocycles. The zero-order valence-corrected chi connectivity index (χ0v) is 17.2. The Morgan fingerprint density at radius 2 is 1.77 bits per heavy atom. The second kappa shape index (κ2) is 9.90. The molecule has 162 valence electrons. The largest absolute Gasteiger partial charge is 0.480 e. The number of aromatic nitrogens is 1. The number of aliphatic carboxylic acids is 1. The lowest BCUT2D eigenvalue weighted by molar-refractivity contribution is -0.142. The first kappa shape index (κ1) is 22.0. The SMILES string of the molecule is Cn1c(C(=O)N(C(=O)OCc2ccccc2)[C@@H](CCCN)C(=O)O)cc2ccccc21. The number of rotatable bonds is 8. The van der Waals surface area contributed by atoms with Crippen LogP contribution in [0.5, 0.6) is 0 Å². The number of fused-ring (bicyclic) bond motifs is 1. The number of imide groups is 1. The molecule has 0 unspecified atom stereocenters. The van der Waals surface area contributed by atoms with E-state index in [2.05, 4.69) is 0 Å². The van der Waals surface area contributed by atoms with Crippen LogP contribution in [0.4, 0.5) is 4.79 Å². The van der Waals surface area contributed by atoms with Crippen LogP contribution in [0, 0.1) is 0 Å². The van der Waals surface area contributed by atoms with E-state index in [4.69, 9.17) is 10.5 Å². The number of aryl methyl sites for hydroxylation is 1. The number of amides is 2. The molecule has 3 N–H and O–H groups in total. The quantitative estimate of drug-likeness (QED) is 0.575. The van der Waals surface area contributed by atoms with Crippen LogP contribution in [-0.4, -0.2) is 45.1 Å². The average molecular weight is 423 g/mol. The molecule has 3 aromatic rings. The number of benzene rings is 2. The zero-order valence-electron chi connectivity index (χ0n) is 17.2. The summed E-state index contributed by atoms with van der Waals surface area (Å²) in [6, 6.07) is 16.6. The van der Waals surface area contributed by atoms with Crippen LogP contribution in [0.1, 0.15) is 28.9 Å². The number of hydrogen-bond donors (Lipinski definition) is 2. The summed E-state index contributed by atoms with van der Waals surface area (Å²) in [5, 5.41) is 10.6. The Hall–Kier alpha value is -3.65. The van der Waals surface area contributed by atoms with Gasteiger partial charge in [0.2, 0.25) is 0 Å². The molecule has 3 rings (SSSR count). The lowest BCUT2D eigenvalue weighted by Gasteiger charge is -2.26. The van der Waals surface area contributed by atoms with Crippen molar-refractivity contribution < 1.29 is 24.2 Å². The molecule has 0 aliphatic rings. The monoisotopic (exact) mass is 423 g/mol. The Bertz CT molecular complexity index is 1080. The predicted octanol–water partition coefficient (Wildman–Crippen LogP) is 3.15. The molecular formula is C23H25N3O5. The van der Waals surface area contributed by atoms with Crippen LogP contribution >= 0.6 is 0 Å². The van der Waals surface area contributed by atoms with Crippen molar-refractivity contribution in [2.45, 2.75) is 25.5 Å². The summed E-state index contributed by atoms with van der Waals surface area (Å²) in [7, 11) is 1.69. The van der Waals surface area contributed by atoms with Gasteiger partial charge in [-0.2, -0.15) is 0 Å². The van der Waals surface area contributed by atoms with Crippen molar-refractivity contribution in [2.75, 3.05) is 6.54 Å². The number of carbonyl (C=O) groups is 3. The number of nitrogens with two attached hydrogens (primary N) is 1.